The van der Waals surface area contributed by atoms with E-state index in [1.165, 1.54) is 5.56 Å². The molecular weight excluding hydrogens is 262 g/mol. The summed E-state index contributed by atoms with van der Waals surface area (Å²) >= 11 is 0. The van der Waals surface area contributed by atoms with Crippen LogP contribution in [0.15, 0.2) is 18.2 Å². The predicted octanol–water partition coefficient (Wildman–Crippen LogP) is 2.61. The molecule has 1 atom stereocenters. The van der Waals surface area contributed by atoms with Gasteiger partial charge in [-0.25, -0.2) is 0 Å². The van der Waals surface area contributed by atoms with Gasteiger partial charge in [0.2, 0.25) is 0 Å². The number of likely N-dealkylation sites (N-methyl/N-ethyl adjacent to an activating group) is 1. The van der Waals surface area contributed by atoms with Crippen LogP contribution in [0.25, 0.3) is 10.9 Å². The van der Waals surface area contributed by atoms with E-state index in [0.29, 0.717) is 0 Å². The van der Waals surface area contributed by atoms with E-state index >= 15 is 0 Å². The number of carbonyl (C=O) groups excluding carboxylic acids is 1. The summed E-state index contributed by atoms with van der Waals surface area (Å²) in [6, 6.07) is 6.19. The number of H-pyrrole nitrogens is 1. The SMILES string of the molecule is Cc1[nH]c2c(C(=O)N[C@@H]3CCCN(C)C3)cccc2c1C. The highest BCUT2D eigenvalue weighted by Crippen LogP contribution is 2.24. The smallest absolute Gasteiger partial charge is 0.253 e. The molecule has 0 radical (unpaired) electrons. The number of rotatable bonds is 2. The number of fused-ring (bicyclic) bond motifs is 1. The average molecular weight is 285 g/mol. The number of amides is 1. The van der Waals surface area contributed by atoms with Crippen molar-refractivity contribution in [1.29, 1.82) is 0 Å². The molecule has 112 valence electrons. The Morgan fingerprint density at radius 2 is 2.19 bits per heavy atom. The highest BCUT2D eigenvalue weighted by Gasteiger charge is 2.21. The third-order valence-electron chi connectivity index (χ3n) is 4.55. The van der Waals surface area contributed by atoms with Crippen LogP contribution in [0.4, 0.5) is 0 Å². The maximum atomic E-state index is 12.6. The summed E-state index contributed by atoms with van der Waals surface area (Å²) in [7, 11) is 2.11. The summed E-state index contributed by atoms with van der Waals surface area (Å²) in [4.78, 5) is 18.2. The molecule has 1 fully saturated rings. The quantitative estimate of drug-likeness (QED) is 0.891. The fourth-order valence-electron chi connectivity index (χ4n) is 3.22. The highest BCUT2D eigenvalue weighted by molar-refractivity contribution is 6.06. The summed E-state index contributed by atoms with van der Waals surface area (Å²) in [5.74, 6) is 0.0298. The summed E-state index contributed by atoms with van der Waals surface area (Å²) < 4.78 is 0. The first-order valence-corrected chi connectivity index (χ1v) is 7.63. The molecular formula is C17H23N3O. The number of hydrogen-bond acceptors (Lipinski definition) is 2. The van der Waals surface area contributed by atoms with Crippen molar-refractivity contribution in [2.75, 3.05) is 20.1 Å². The van der Waals surface area contributed by atoms with Crippen LogP contribution in [-0.2, 0) is 0 Å². The van der Waals surface area contributed by atoms with E-state index in [4.69, 9.17) is 0 Å². The lowest BCUT2D eigenvalue weighted by atomic mass is 10.0. The molecule has 0 bridgehead atoms. The Morgan fingerprint density at radius 3 is 2.95 bits per heavy atom. The number of aromatic nitrogens is 1. The molecule has 0 saturated carbocycles. The van der Waals surface area contributed by atoms with Gasteiger partial charge in [0.25, 0.3) is 5.91 Å². The molecule has 21 heavy (non-hydrogen) atoms. The maximum absolute atomic E-state index is 12.6. The van der Waals surface area contributed by atoms with Gasteiger partial charge < -0.3 is 15.2 Å². The van der Waals surface area contributed by atoms with Crippen LogP contribution in [-0.4, -0.2) is 42.0 Å². The van der Waals surface area contributed by atoms with Crippen LogP contribution < -0.4 is 5.32 Å². The second-order valence-corrected chi connectivity index (χ2v) is 6.18. The van der Waals surface area contributed by atoms with Gasteiger partial charge in [-0.1, -0.05) is 12.1 Å². The van der Waals surface area contributed by atoms with Gasteiger partial charge in [0.1, 0.15) is 0 Å². The van der Waals surface area contributed by atoms with E-state index in [2.05, 4.69) is 35.2 Å². The van der Waals surface area contributed by atoms with E-state index in [1.54, 1.807) is 0 Å². The van der Waals surface area contributed by atoms with Crippen LogP contribution in [0.3, 0.4) is 0 Å². The standard InChI is InChI=1S/C17H23N3O/c1-11-12(2)18-16-14(11)7-4-8-15(16)17(21)19-13-6-5-9-20(3)10-13/h4,7-8,13,18H,5-6,9-10H2,1-3H3,(H,19,21)/t13-/m1/s1. The second kappa shape index (κ2) is 5.53. The molecule has 1 aliphatic rings. The predicted molar refractivity (Wildman–Crippen MR) is 85.8 cm³/mol. The minimum absolute atomic E-state index is 0.0298. The summed E-state index contributed by atoms with van der Waals surface area (Å²) in [5.41, 5.74) is 4.05. The first kappa shape index (κ1) is 14.1. The maximum Gasteiger partial charge on any atom is 0.253 e. The first-order valence-electron chi connectivity index (χ1n) is 7.63. The van der Waals surface area contributed by atoms with Crippen molar-refractivity contribution in [3.63, 3.8) is 0 Å². The Bertz CT molecular complexity index is 674. The second-order valence-electron chi connectivity index (χ2n) is 6.18. The molecule has 1 aliphatic heterocycles. The van der Waals surface area contributed by atoms with Crippen molar-refractivity contribution in [3.05, 3.63) is 35.0 Å². The van der Waals surface area contributed by atoms with Crippen molar-refractivity contribution < 1.29 is 4.79 Å². The molecule has 2 aromatic rings. The number of likely N-dealkylation sites (tertiary alicyclic amines) is 1. The fraction of sp³-hybridized carbons (Fsp3) is 0.471. The Labute approximate surface area is 125 Å². The molecule has 1 aromatic heterocycles. The molecule has 4 heteroatoms. The van der Waals surface area contributed by atoms with Crippen molar-refractivity contribution in [2.24, 2.45) is 0 Å². The highest BCUT2D eigenvalue weighted by atomic mass is 16.1. The molecule has 0 unspecified atom stereocenters. The van der Waals surface area contributed by atoms with E-state index in [-0.39, 0.29) is 11.9 Å². The van der Waals surface area contributed by atoms with Gasteiger partial charge in [-0.05, 0) is 51.9 Å². The first-order chi connectivity index (χ1) is 10.1. The molecule has 2 heterocycles. The molecule has 1 saturated heterocycles. The molecule has 1 amide bonds. The van der Waals surface area contributed by atoms with Gasteiger partial charge in [-0.3, -0.25) is 4.79 Å². The summed E-state index contributed by atoms with van der Waals surface area (Å²) in [6.07, 6.45) is 2.21. The van der Waals surface area contributed by atoms with Crippen LogP contribution in [0.1, 0.15) is 34.5 Å². The van der Waals surface area contributed by atoms with Crippen molar-refractivity contribution >= 4 is 16.8 Å². The van der Waals surface area contributed by atoms with Gasteiger partial charge in [0, 0.05) is 23.7 Å². The van der Waals surface area contributed by atoms with E-state index in [1.807, 2.05) is 19.1 Å². The van der Waals surface area contributed by atoms with E-state index < -0.39 is 0 Å². The van der Waals surface area contributed by atoms with E-state index in [0.717, 1.165) is 48.1 Å². The molecule has 0 aliphatic carbocycles. The van der Waals surface area contributed by atoms with Gasteiger partial charge in [0.05, 0.1) is 11.1 Å². The molecule has 0 spiro atoms. The lowest BCUT2D eigenvalue weighted by Gasteiger charge is -2.30. The van der Waals surface area contributed by atoms with Crippen molar-refractivity contribution in [3.8, 4) is 0 Å². The van der Waals surface area contributed by atoms with Crippen molar-refractivity contribution in [1.82, 2.24) is 15.2 Å². The van der Waals surface area contributed by atoms with Gasteiger partial charge in [-0.2, -0.15) is 0 Å². The number of carbonyl (C=O) groups is 1. The Balaban J connectivity index is 1.86. The Hall–Kier alpha value is -1.81. The third-order valence-corrected chi connectivity index (χ3v) is 4.55. The number of benzene rings is 1. The van der Waals surface area contributed by atoms with Crippen LogP contribution in [0.5, 0.6) is 0 Å². The molecule has 2 N–H and O–H groups in total. The molecule has 1 aromatic carbocycles. The van der Waals surface area contributed by atoms with Gasteiger partial charge in [0.15, 0.2) is 0 Å². The number of nitrogens with one attached hydrogen (secondary N) is 2. The monoisotopic (exact) mass is 285 g/mol. The summed E-state index contributed by atoms with van der Waals surface area (Å²) in [5, 5.41) is 4.33. The Morgan fingerprint density at radius 1 is 1.38 bits per heavy atom. The Kier molecular flexibility index (Phi) is 3.72. The molecule has 4 nitrogen and oxygen atoms in total. The van der Waals surface area contributed by atoms with Gasteiger partial charge >= 0.3 is 0 Å². The minimum atomic E-state index is 0.0298. The number of nitrogens with zero attached hydrogens (tertiary/aromatic N) is 1. The lowest BCUT2D eigenvalue weighted by molar-refractivity contribution is 0.0914. The van der Waals surface area contributed by atoms with Crippen molar-refractivity contribution in [2.45, 2.75) is 32.7 Å². The average Bonchev–Trinajstić information content (AvgIpc) is 2.74. The van der Waals surface area contributed by atoms with Gasteiger partial charge in [-0.15, -0.1) is 0 Å². The zero-order valence-electron chi connectivity index (χ0n) is 13.0. The van der Waals surface area contributed by atoms with E-state index in [9.17, 15) is 4.79 Å². The van der Waals surface area contributed by atoms with Crippen LogP contribution >= 0.6 is 0 Å². The zero-order valence-corrected chi connectivity index (χ0v) is 13.0. The topological polar surface area (TPSA) is 48.1 Å². The number of para-hydroxylation sites is 1. The molecule has 3 rings (SSSR count). The largest absolute Gasteiger partial charge is 0.358 e. The van der Waals surface area contributed by atoms with Crippen LogP contribution in [0.2, 0.25) is 0 Å². The lowest BCUT2D eigenvalue weighted by Crippen LogP contribution is -2.46. The minimum Gasteiger partial charge on any atom is -0.358 e. The number of hydrogen-bond donors (Lipinski definition) is 2. The summed E-state index contributed by atoms with van der Waals surface area (Å²) in [6.45, 7) is 6.19. The third kappa shape index (κ3) is 2.68. The number of aryl methyl sites for hydroxylation is 2. The normalized spacial score (nSPS) is 19.9. The fourth-order valence-corrected chi connectivity index (χ4v) is 3.22. The van der Waals surface area contributed by atoms with Crippen LogP contribution in [0, 0.1) is 13.8 Å². The zero-order chi connectivity index (χ0) is 15.0. The number of piperidine rings is 1. The number of aromatic amines is 1.